The lowest BCUT2D eigenvalue weighted by Crippen LogP contribution is -2.46. The van der Waals surface area contributed by atoms with Gasteiger partial charge in [0.1, 0.15) is 23.9 Å². The average molecular weight is 440 g/mol. The summed E-state index contributed by atoms with van der Waals surface area (Å²) in [6.07, 6.45) is 0. The van der Waals surface area contributed by atoms with E-state index in [1.54, 1.807) is 25.1 Å². The lowest BCUT2D eigenvalue weighted by atomic mass is 10.1. The number of anilines is 1. The molecule has 2 rings (SSSR count). The van der Waals surface area contributed by atoms with Crippen LogP contribution in [0.15, 0.2) is 42.5 Å². The van der Waals surface area contributed by atoms with Gasteiger partial charge < -0.3 is 14.8 Å². The average Bonchev–Trinajstić information content (AvgIpc) is 2.71. The first-order valence-corrected chi connectivity index (χ1v) is 10.5. The highest BCUT2D eigenvalue weighted by Crippen LogP contribution is 2.29. The summed E-state index contributed by atoms with van der Waals surface area (Å²) in [5, 5.41) is 2.73. The molecule has 1 atom stereocenters. The fourth-order valence-electron chi connectivity index (χ4n) is 2.82. The highest BCUT2D eigenvalue weighted by molar-refractivity contribution is 7.90. The van der Waals surface area contributed by atoms with Crippen molar-refractivity contribution in [2.75, 3.05) is 39.2 Å². The van der Waals surface area contributed by atoms with Gasteiger partial charge in [-0.2, -0.15) is 12.7 Å². The van der Waals surface area contributed by atoms with E-state index < -0.39 is 34.5 Å². The minimum atomic E-state index is -4.11. The smallest absolute Gasteiger partial charge is 0.304 e. The minimum Gasteiger partial charge on any atom is -0.497 e. The molecular formula is C20H26FN3O5S. The number of carbonyl (C=O) groups excluding carboxylic acids is 1. The van der Waals surface area contributed by atoms with Crippen molar-refractivity contribution in [2.24, 2.45) is 0 Å². The number of methoxy groups -OCH3 is 2. The van der Waals surface area contributed by atoms with Crippen LogP contribution in [-0.4, -0.2) is 53.5 Å². The molecule has 0 spiro atoms. The Morgan fingerprint density at radius 1 is 1.13 bits per heavy atom. The van der Waals surface area contributed by atoms with Crippen LogP contribution in [0.5, 0.6) is 11.5 Å². The van der Waals surface area contributed by atoms with Crippen LogP contribution in [0.3, 0.4) is 0 Å². The quantitative estimate of drug-likeness (QED) is 0.648. The van der Waals surface area contributed by atoms with Gasteiger partial charge in [-0.25, -0.2) is 8.70 Å². The Kier molecular flexibility index (Phi) is 7.63. The molecule has 0 aliphatic heterocycles. The molecule has 0 aromatic heterocycles. The highest BCUT2D eigenvalue weighted by atomic mass is 32.2. The molecule has 0 heterocycles. The van der Waals surface area contributed by atoms with E-state index >= 15 is 0 Å². The van der Waals surface area contributed by atoms with Gasteiger partial charge >= 0.3 is 10.2 Å². The second kappa shape index (κ2) is 9.77. The first-order valence-electron chi connectivity index (χ1n) is 9.07. The zero-order valence-corrected chi connectivity index (χ0v) is 18.4. The predicted octanol–water partition coefficient (Wildman–Crippen LogP) is 2.33. The Morgan fingerprint density at radius 2 is 1.80 bits per heavy atom. The Labute approximate surface area is 176 Å². The van der Waals surface area contributed by atoms with Gasteiger partial charge in [-0.15, -0.1) is 0 Å². The number of rotatable bonds is 9. The van der Waals surface area contributed by atoms with Crippen LogP contribution in [0.1, 0.15) is 18.5 Å². The Morgan fingerprint density at radius 3 is 2.37 bits per heavy atom. The molecule has 1 N–H and O–H groups in total. The Balaban J connectivity index is 2.30. The maximum atomic E-state index is 14.3. The number of nitrogens with zero attached hydrogens (tertiary/aromatic N) is 2. The third kappa shape index (κ3) is 5.19. The summed E-state index contributed by atoms with van der Waals surface area (Å²) in [6.45, 7) is 1.13. The summed E-state index contributed by atoms with van der Waals surface area (Å²) in [5.74, 6) is -0.246. The van der Waals surface area contributed by atoms with Crippen molar-refractivity contribution >= 4 is 21.8 Å². The molecule has 30 heavy (non-hydrogen) atoms. The van der Waals surface area contributed by atoms with Crippen molar-refractivity contribution < 1.29 is 27.1 Å². The first kappa shape index (κ1) is 23.4. The highest BCUT2D eigenvalue weighted by Gasteiger charge is 2.29. The van der Waals surface area contributed by atoms with Gasteiger partial charge in [-0.3, -0.25) is 4.79 Å². The number of para-hydroxylation sites is 1. The van der Waals surface area contributed by atoms with E-state index in [1.165, 1.54) is 46.5 Å². The monoisotopic (exact) mass is 439 g/mol. The molecule has 8 nitrogen and oxygen atoms in total. The molecule has 0 aliphatic rings. The summed E-state index contributed by atoms with van der Waals surface area (Å²) >= 11 is 0. The van der Waals surface area contributed by atoms with Crippen molar-refractivity contribution in [3.05, 3.63) is 53.8 Å². The van der Waals surface area contributed by atoms with E-state index in [-0.39, 0.29) is 5.69 Å². The molecule has 164 valence electrons. The van der Waals surface area contributed by atoms with Crippen LogP contribution in [-0.2, 0) is 15.0 Å². The van der Waals surface area contributed by atoms with Gasteiger partial charge in [-0.1, -0.05) is 12.1 Å². The van der Waals surface area contributed by atoms with Gasteiger partial charge in [0.05, 0.1) is 25.9 Å². The first-order chi connectivity index (χ1) is 14.1. The van der Waals surface area contributed by atoms with Crippen molar-refractivity contribution in [3.8, 4) is 11.5 Å². The number of ether oxygens (including phenoxy) is 2. The standard InChI is InChI=1S/C20H26FN3O5S/c1-14(16-12-15(28-4)10-11-19(16)29-5)22-20(25)13-24(30(26,27)23(2)3)18-9-7-6-8-17(18)21/h6-12,14H,13H2,1-5H3,(H,22,25)/t14-/m1/s1. The maximum absolute atomic E-state index is 14.3. The normalized spacial score (nSPS) is 12.4. The van der Waals surface area contributed by atoms with Crippen molar-refractivity contribution in [3.63, 3.8) is 0 Å². The topological polar surface area (TPSA) is 88.2 Å². The number of hydrogen-bond acceptors (Lipinski definition) is 5. The van der Waals surface area contributed by atoms with Crippen molar-refractivity contribution in [2.45, 2.75) is 13.0 Å². The number of halogens is 1. The molecule has 0 radical (unpaired) electrons. The van der Waals surface area contributed by atoms with E-state index in [9.17, 15) is 17.6 Å². The zero-order valence-electron chi connectivity index (χ0n) is 17.5. The number of hydrogen-bond donors (Lipinski definition) is 1. The van der Waals surface area contributed by atoms with Crippen molar-refractivity contribution in [1.82, 2.24) is 9.62 Å². The third-order valence-electron chi connectivity index (χ3n) is 4.43. The van der Waals surface area contributed by atoms with Crippen LogP contribution in [0, 0.1) is 5.82 Å². The summed E-state index contributed by atoms with van der Waals surface area (Å²) in [5.41, 5.74) is 0.436. The molecular weight excluding hydrogens is 413 g/mol. The lowest BCUT2D eigenvalue weighted by Gasteiger charge is -2.28. The van der Waals surface area contributed by atoms with Gasteiger partial charge in [0.25, 0.3) is 0 Å². The van der Waals surface area contributed by atoms with Crippen LogP contribution < -0.4 is 19.1 Å². The molecule has 2 aromatic carbocycles. The van der Waals surface area contributed by atoms with Gasteiger partial charge in [0.15, 0.2) is 0 Å². The second-order valence-electron chi connectivity index (χ2n) is 6.65. The summed E-state index contributed by atoms with van der Waals surface area (Å²) in [6, 6.07) is 10.0. The van der Waals surface area contributed by atoms with E-state index in [0.717, 1.165) is 14.7 Å². The molecule has 0 saturated heterocycles. The lowest BCUT2D eigenvalue weighted by molar-refractivity contribution is -0.120. The van der Waals surface area contributed by atoms with Crippen LogP contribution in [0.4, 0.5) is 10.1 Å². The van der Waals surface area contributed by atoms with Gasteiger partial charge in [0.2, 0.25) is 5.91 Å². The summed E-state index contributed by atoms with van der Waals surface area (Å²) in [7, 11) is 1.53. The Hall–Kier alpha value is -2.85. The molecule has 0 fully saturated rings. The molecule has 0 bridgehead atoms. The largest absolute Gasteiger partial charge is 0.497 e. The predicted molar refractivity (Wildman–Crippen MR) is 112 cm³/mol. The molecule has 2 aromatic rings. The number of amides is 1. The second-order valence-corrected chi connectivity index (χ2v) is 8.71. The number of benzene rings is 2. The summed E-state index contributed by atoms with van der Waals surface area (Å²) in [4.78, 5) is 12.7. The molecule has 0 saturated carbocycles. The number of carbonyl (C=O) groups is 1. The molecule has 1 amide bonds. The fraction of sp³-hybridized carbons (Fsp3) is 0.350. The maximum Gasteiger partial charge on any atom is 0.304 e. The molecule has 0 aliphatic carbocycles. The molecule has 0 unspecified atom stereocenters. The van der Waals surface area contributed by atoms with Crippen LogP contribution >= 0.6 is 0 Å². The van der Waals surface area contributed by atoms with Crippen molar-refractivity contribution in [1.29, 1.82) is 0 Å². The van der Waals surface area contributed by atoms with Gasteiger partial charge in [0, 0.05) is 19.7 Å². The Bertz CT molecular complexity index is 998. The minimum absolute atomic E-state index is 0.215. The summed E-state index contributed by atoms with van der Waals surface area (Å²) < 4.78 is 52.0. The zero-order chi connectivity index (χ0) is 22.5. The van der Waals surface area contributed by atoms with E-state index in [2.05, 4.69) is 5.32 Å². The van der Waals surface area contributed by atoms with E-state index in [4.69, 9.17) is 9.47 Å². The number of nitrogens with one attached hydrogen (secondary N) is 1. The molecule has 10 heteroatoms. The van der Waals surface area contributed by atoms with Gasteiger partial charge in [-0.05, 0) is 37.3 Å². The van der Waals surface area contributed by atoms with Crippen LogP contribution in [0.25, 0.3) is 0 Å². The third-order valence-corrected chi connectivity index (χ3v) is 6.23. The van der Waals surface area contributed by atoms with Crippen LogP contribution in [0.2, 0.25) is 0 Å². The SMILES string of the molecule is COc1ccc(OC)c([C@@H](C)NC(=O)CN(c2ccccc2F)S(=O)(=O)N(C)C)c1. The van der Waals surface area contributed by atoms with E-state index in [0.29, 0.717) is 17.1 Å². The fourth-order valence-corrected chi connectivity index (χ4v) is 3.89. The van der Waals surface area contributed by atoms with E-state index in [1.807, 2.05) is 0 Å².